The number of nitrogens with zero attached hydrogens (tertiary/aromatic N) is 1. The number of carbonyl (C=O) groups excluding carboxylic acids is 4. The SMILES string of the molecule is C[C@@H]1O[C@@H](O[C@H]2[C@H](O[C@H]3[C@H](O[C@@H]4O[C@@H](C)[C@@H](OCc5ccccc5)[C@@H](OCc5ccccc5)[C@@H]4OCc4ccccc4)[C@@H](N4C(=O)c5ccccc5C4=O)[C@H](OCCCNC(=O)OCc4ccccc4)O[C@@H]3CO[Si](c3ccccc3)(c3ccccc3)C(C)(C)C)O[C@@H]3COC(c4ccccc4)O[C@@H]3[C@@H]2OC(=O)c2ccccc2)[C@@H](OCc2ccccc2)[C@H](OCc2ccccc2)[C@@H]1OCc1ccccc1. The molecule has 21 atom stereocenters. The number of imide groups is 1. The summed E-state index contributed by atoms with van der Waals surface area (Å²) in [5, 5.41) is 3.99. The van der Waals surface area contributed by atoms with Crippen LogP contribution in [0.5, 0.6) is 0 Å². The van der Waals surface area contributed by atoms with Crippen molar-refractivity contribution >= 4 is 42.6 Å². The number of hydrogen-bond donors (Lipinski definition) is 1. The zero-order valence-corrected chi connectivity index (χ0v) is 80.5. The van der Waals surface area contributed by atoms with Crippen LogP contribution in [0.1, 0.15) is 123 Å². The monoisotopic (exact) mass is 1920 g/mol. The van der Waals surface area contributed by atoms with Crippen molar-refractivity contribution in [2.75, 3.05) is 26.4 Å². The Balaban J connectivity index is 0.838. The molecule has 732 valence electrons. The van der Waals surface area contributed by atoms with Crippen molar-refractivity contribution < 1.29 is 109 Å². The first-order chi connectivity index (χ1) is 69.0. The molecule has 0 aromatic heterocycles. The van der Waals surface area contributed by atoms with E-state index in [1.165, 1.54) is 0 Å². The van der Waals surface area contributed by atoms with Gasteiger partial charge in [-0.25, -0.2) is 9.59 Å². The van der Waals surface area contributed by atoms with E-state index in [2.05, 4.69) is 50.4 Å². The van der Waals surface area contributed by atoms with Crippen molar-refractivity contribution in [1.82, 2.24) is 10.2 Å². The van der Waals surface area contributed by atoms with Crippen LogP contribution in [0, 0.1) is 0 Å². The first kappa shape index (κ1) is 99.2. The molecule has 141 heavy (non-hydrogen) atoms. The van der Waals surface area contributed by atoms with Gasteiger partial charge in [-0.1, -0.05) is 354 Å². The van der Waals surface area contributed by atoms with Crippen molar-refractivity contribution in [3.8, 4) is 0 Å². The third kappa shape index (κ3) is 24.2. The highest BCUT2D eigenvalue weighted by molar-refractivity contribution is 6.99. The third-order valence-corrected chi connectivity index (χ3v) is 31.4. The maximum absolute atomic E-state index is 16.5. The molecule has 1 N–H and O–H groups in total. The van der Waals surface area contributed by atoms with Crippen LogP contribution in [0.25, 0.3) is 0 Å². The normalized spacial score (nSPS) is 26.2. The second kappa shape index (κ2) is 47.8. The van der Waals surface area contributed by atoms with E-state index in [0.29, 0.717) is 5.56 Å². The van der Waals surface area contributed by atoms with Crippen LogP contribution in [-0.4, -0.2) is 186 Å². The highest BCUT2D eigenvalue weighted by atomic mass is 28.4. The lowest BCUT2D eigenvalue weighted by Gasteiger charge is -2.54. The molecule has 25 nitrogen and oxygen atoms in total. The van der Waals surface area contributed by atoms with E-state index in [0.717, 1.165) is 54.2 Å². The topological polar surface area (TPSA) is 259 Å². The number of alkyl carbamates (subject to hydrolysis) is 1. The molecule has 6 aliphatic heterocycles. The lowest BCUT2D eigenvalue weighted by Crippen LogP contribution is -2.72. The van der Waals surface area contributed by atoms with Crippen LogP contribution < -0.4 is 15.7 Å². The quantitative estimate of drug-likeness (QED) is 0.0162. The lowest BCUT2D eigenvalue weighted by molar-refractivity contribution is -0.414. The minimum absolute atomic E-state index is 0.00121. The van der Waals surface area contributed by atoms with Gasteiger partial charge >= 0.3 is 12.1 Å². The molecule has 3 amide bonds. The zero-order valence-electron chi connectivity index (χ0n) is 79.5. The van der Waals surface area contributed by atoms with Gasteiger partial charge in [-0.05, 0) is 98.9 Å². The molecule has 0 spiro atoms. The maximum Gasteiger partial charge on any atom is 0.407 e. The van der Waals surface area contributed by atoms with Crippen molar-refractivity contribution in [1.29, 1.82) is 0 Å². The molecule has 18 rings (SSSR count). The number of amides is 3. The smallest absolute Gasteiger partial charge is 0.407 e. The first-order valence-corrected chi connectivity index (χ1v) is 50.3. The van der Waals surface area contributed by atoms with E-state index in [-0.39, 0.29) is 95.7 Å². The number of nitrogens with one attached hydrogen (secondary N) is 1. The van der Waals surface area contributed by atoms with Gasteiger partial charge in [0, 0.05) is 12.1 Å². The molecular formula is C115H120N2O23Si. The highest BCUT2D eigenvalue weighted by Gasteiger charge is 2.64. The van der Waals surface area contributed by atoms with Crippen LogP contribution in [-0.2, 0) is 136 Å². The van der Waals surface area contributed by atoms with E-state index in [4.69, 9.17) is 89.7 Å². The lowest BCUT2D eigenvalue weighted by atomic mass is 9.93. The number of benzene rings is 12. The van der Waals surface area contributed by atoms with Crippen molar-refractivity contribution in [3.63, 3.8) is 0 Å². The molecule has 12 aromatic carbocycles. The molecular weight excluding hydrogens is 1810 g/mol. The van der Waals surface area contributed by atoms with E-state index < -0.39 is 166 Å². The summed E-state index contributed by atoms with van der Waals surface area (Å²) in [5.74, 6) is -2.25. The Morgan fingerprint density at radius 2 is 0.745 bits per heavy atom. The van der Waals surface area contributed by atoms with Gasteiger partial charge in [0.15, 0.2) is 43.7 Å². The zero-order chi connectivity index (χ0) is 96.9. The average Bonchev–Trinajstić information content (AvgIpc) is 1.69. The van der Waals surface area contributed by atoms with Gasteiger partial charge < -0.3 is 95.0 Å². The van der Waals surface area contributed by atoms with Crippen LogP contribution in [0.3, 0.4) is 0 Å². The fourth-order valence-corrected chi connectivity index (χ4v) is 23.9. The Hall–Kier alpha value is -11.9. The Kier molecular flexibility index (Phi) is 33.6. The fourth-order valence-electron chi connectivity index (χ4n) is 19.3. The predicted octanol–water partition coefficient (Wildman–Crippen LogP) is 17.5. The molecule has 0 saturated carbocycles. The number of fused-ring (bicyclic) bond motifs is 2. The summed E-state index contributed by atoms with van der Waals surface area (Å²) >= 11 is 0. The summed E-state index contributed by atoms with van der Waals surface area (Å²) < 4.78 is 141. The van der Waals surface area contributed by atoms with Gasteiger partial charge in [0.2, 0.25) is 0 Å². The van der Waals surface area contributed by atoms with Gasteiger partial charge in [-0.2, -0.15) is 0 Å². The highest BCUT2D eigenvalue weighted by Crippen LogP contribution is 2.46. The van der Waals surface area contributed by atoms with Gasteiger partial charge in [0.25, 0.3) is 20.1 Å². The van der Waals surface area contributed by atoms with E-state index in [1.807, 2.05) is 293 Å². The van der Waals surface area contributed by atoms with Gasteiger partial charge in [0.1, 0.15) is 79.8 Å². The Morgan fingerprint density at radius 3 is 1.18 bits per heavy atom. The first-order valence-electron chi connectivity index (χ1n) is 48.4. The van der Waals surface area contributed by atoms with Crippen molar-refractivity contribution in [2.24, 2.45) is 0 Å². The van der Waals surface area contributed by atoms with Crippen LogP contribution in [0.2, 0.25) is 5.04 Å². The Labute approximate surface area is 823 Å². The van der Waals surface area contributed by atoms with Gasteiger partial charge in [-0.15, -0.1) is 0 Å². The van der Waals surface area contributed by atoms with Gasteiger partial charge in [-0.3, -0.25) is 14.5 Å². The molecule has 5 saturated heterocycles. The second-order valence-electron chi connectivity index (χ2n) is 37.0. The summed E-state index contributed by atoms with van der Waals surface area (Å²) in [6.45, 7) is 9.87. The van der Waals surface area contributed by atoms with E-state index in [9.17, 15) is 4.79 Å². The summed E-state index contributed by atoms with van der Waals surface area (Å²) in [6, 6.07) is 111. The summed E-state index contributed by atoms with van der Waals surface area (Å²) in [7, 11) is -3.77. The van der Waals surface area contributed by atoms with Crippen LogP contribution in [0.4, 0.5) is 4.79 Å². The minimum atomic E-state index is -3.77. The summed E-state index contributed by atoms with van der Waals surface area (Å²) in [4.78, 5) is 63.8. The van der Waals surface area contributed by atoms with Crippen LogP contribution in [0.15, 0.2) is 358 Å². The summed E-state index contributed by atoms with van der Waals surface area (Å²) in [5.41, 5.74) is 6.78. The largest absolute Gasteiger partial charge is 0.453 e. The van der Waals surface area contributed by atoms with Crippen molar-refractivity contribution in [3.05, 3.63) is 419 Å². The molecule has 0 aliphatic carbocycles. The molecule has 12 aromatic rings. The van der Waals surface area contributed by atoms with Gasteiger partial charge in [0.05, 0.1) is 88.4 Å². The van der Waals surface area contributed by atoms with Crippen molar-refractivity contribution in [2.45, 2.75) is 221 Å². The standard InChI is InChI=1S/C115H120N2O23Si/c1-77-95(123-68-79-42-17-6-18-43-79)100(125-70-81-46-21-8-22-47-81)103(127-72-83-50-25-10-26-51-83)111(132-77)139-99-94(117-106(118)90-64-39-40-65-91(90)107(117)119)110(122-67-41-66-116-114(121)130-74-85-54-29-12-30-55-85)134-93(76-131-141(115(3,4)5,88-60-35-15-36-61-88)89-62-37-16-38-63-89)97(99)138-113-105(102(136-108(120)86-56-31-13-32-57-86)98-92(135-113)75-129-109(137-98)87-58-33-14-34-59-87)140-112-104(128-73-84-52-27-11-28-53-84)101(126-71-82-48-23-9-24-49-82)96(78(2)133-112)124-69-80-44-19-7-20-45-80/h6-40,42-65,77-78,92-105,109-113H,41,66-76H2,1-5H3,(H,116,121)/t77-,78-,92+,93+,94+,95+,96+,97+,98-,99+,100+,101+,102-,103-,104-,105+,109?,110+,111-,112-,113-/m0/s1. The number of hydrogen-bond acceptors (Lipinski definition) is 23. The number of carbonyl (C=O) groups is 4. The Bertz CT molecular complexity index is 5830. The minimum Gasteiger partial charge on any atom is -0.453 e. The maximum atomic E-state index is 16.5. The molecule has 5 fully saturated rings. The molecule has 0 radical (unpaired) electrons. The second-order valence-corrected chi connectivity index (χ2v) is 41.3. The van der Waals surface area contributed by atoms with E-state index in [1.54, 1.807) is 54.6 Å². The van der Waals surface area contributed by atoms with Crippen LogP contribution >= 0.6 is 0 Å². The third-order valence-electron chi connectivity index (χ3n) is 26.4. The molecule has 0 bridgehead atoms. The Morgan fingerprint density at radius 1 is 0.376 bits per heavy atom. The molecule has 1 unspecified atom stereocenters. The van der Waals surface area contributed by atoms with E-state index >= 15 is 14.4 Å². The number of ether oxygens (including phenoxy) is 18. The molecule has 6 heterocycles. The molecule has 26 heteroatoms. The molecule has 6 aliphatic rings. The summed E-state index contributed by atoms with van der Waals surface area (Å²) in [6.07, 6.45) is -27.2. The fraction of sp³-hybridized carbons (Fsp3) is 0.339. The average molecular weight is 1930 g/mol. The number of esters is 1. The predicted molar refractivity (Wildman–Crippen MR) is 526 cm³/mol. The number of rotatable bonds is 40.